The number of benzene rings is 2. The summed E-state index contributed by atoms with van der Waals surface area (Å²) in [6, 6.07) is 15.1. The van der Waals surface area contributed by atoms with Crippen molar-refractivity contribution in [3.05, 3.63) is 71.0 Å². The van der Waals surface area contributed by atoms with Gasteiger partial charge in [0.05, 0.1) is 11.8 Å². The second-order valence-corrected chi connectivity index (χ2v) is 8.73. The SMILES string of the molecule is Cc1cccc(CS(=O)(=O)N2CCN(C(C#N)c3ccc(F)cc3)CC2)c1. The number of hydrogen-bond donors (Lipinski definition) is 0. The van der Waals surface area contributed by atoms with E-state index in [9.17, 15) is 18.1 Å². The first-order valence-electron chi connectivity index (χ1n) is 8.81. The number of nitriles is 1. The van der Waals surface area contributed by atoms with E-state index in [-0.39, 0.29) is 11.6 Å². The fourth-order valence-corrected chi connectivity index (χ4v) is 4.86. The monoisotopic (exact) mass is 387 g/mol. The molecule has 5 nitrogen and oxygen atoms in total. The molecule has 0 N–H and O–H groups in total. The summed E-state index contributed by atoms with van der Waals surface area (Å²) in [6.07, 6.45) is 0. The van der Waals surface area contributed by atoms with Crippen molar-refractivity contribution < 1.29 is 12.8 Å². The minimum atomic E-state index is -3.41. The van der Waals surface area contributed by atoms with E-state index in [1.807, 2.05) is 36.1 Å². The summed E-state index contributed by atoms with van der Waals surface area (Å²) in [5.74, 6) is -0.364. The van der Waals surface area contributed by atoms with E-state index in [4.69, 9.17) is 0 Å². The third-order valence-electron chi connectivity index (χ3n) is 4.77. The summed E-state index contributed by atoms with van der Waals surface area (Å²) in [7, 11) is -3.41. The fourth-order valence-electron chi connectivity index (χ4n) is 3.36. The van der Waals surface area contributed by atoms with Crippen molar-refractivity contribution in [2.75, 3.05) is 26.2 Å². The van der Waals surface area contributed by atoms with Crippen LogP contribution in [0.2, 0.25) is 0 Å². The molecule has 1 unspecified atom stereocenters. The molecule has 0 radical (unpaired) electrons. The maximum absolute atomic E-state index is 13.1. The largest absolute Gasteiger partial charge is 0.282 e. The molecule has 0 amide bonds. The molecule has 1 heterocycles. The summed E-state index contributed by atoms with van der Waals surface area (Å²) in [6.45, 7) is 3.54. The molecule has 142 valence electrons. The zero-order valence-electron chi connectivity index (χ0n) is 15.2. The molecular weight excluding hydrogens is 365 g/mol. The van der Waals surface area contributed by atoms with Crippen LogP contribution in [0.3, 0.4) is 0 Å². The minimum Gasteiger partial charge on any atom is -0.282 e. The molecule has 0 spiro atoms. The van der Waals surface area contributed by atoms with E-state index in [1.165, 1.54) is 16.4 Å². The highest BCUT2D eigenvalue weighted by atomic mass is 32.2. The van der Waals surface area contributed by atoms with E-state index in [1.54, 1.807) is 12.1 Å². The van der Waals surface area contributed by atoms with Crippen LogP contribution in [0.15, 0.2) is 48.5 Å². The predicted octanol–water partition coefficient (Wildman–Crippen LogP) is 2.85. The van der Waals surface area contributed by atoms with Gasteiger partial charge in [-0.25, -0.2) is 12.8 Å². The van der Waals surface area contributed by atoms with Crippen LogP contribution >= 0.6 is 0 Å². The Bertz CT molecular complexity index is 930. The first kappa shape index (κ1) is 19.5. The van der Waals surface area contributed by atoms with Gasteiger partial charge in [-0.3, -0.25) is 4.90 Å². The molecule has 0 saturated carbocycles. The normalized spacial score (nSPS) is 17.4. The van der Waals surface area contributed by atoms with E-state index >= 15 is 0 Å². The van der Waals surface area contributed by atoms with Gasteiger partial charge in [-0.15, -0.1) is 0 Å². The van der Waals surface area contributed by atoms with E-state index in [0.717, 1.165) is 16.7 Å². The number of rotatable bonds is 5. The van der Waals surface area contributed by atoms with Crippen LogP contribution in [-0.4, -0.2) is 43.8 Å². The van der Waals surface area contributed by atoms with Gasteiger partial charge in [0.25, 0.3) is 0 Å². The molecule has 0 aromatic heterocycles. The maximum atomic E-state index is 13.1. The molecule has 0 aliphatic carbocycles. The molecule has 1 atom stereocenters. The Kier molecular flexibility index (Phi) is 5.90. The number of hydrogen-bond acceptors (Lipinski definition) is 4. The Balaban J connectivity index is 1.65. The molecule has 7 heteroatoms. The lowest BCUT2D eigenvalue weighted by molar-refractivity contribution is 0.162. The van der Waals surface area contributed by atoms with Crippen molar-refractivity contribution >= 4 is 10.0 Å². The van der Waals surface area contributed by atoms with Crippen molar-refractivity contribution in [2.45, 2.75) is 18.7 Å². The van der Waals surface area contributed by atoms with E-state index in [2.05, 4.69) is 6.07 Å². The summed E-state index contributed by atoms with van der Waals surface area (Å²) < 4.78 is 40.0. The molecule has 1 saturated heterocycles. The van der Waals surface area contributed by atoms with E-state index < -0.39 is 16.1 Å². The summed E-state index contributed by atoms with van der Waals surface area (Å²) in [5, 5.41) is 9.53. The number of sulfonamides is 1. The topological polar surface area (TPSA) is 64.4 Å². The zero-order chi connectivity index (χ0) is 19.4. The zero-order valence-corrected chi connectivity index (χ0v) is 16.0. The van der Waals surface area contributed by atoms with Gasteiger partial charge in [0.2, 0.25) is 10.0 Å². The van der Waals surface area contributed by atoms with Crippen LogP contribution in [0.4, 0.5) is 4.39 Å². The number of aryl methyl sites for hydroxylation is 1. The van der Waals surface area contributed by atoms with Gasteiger partial charge >= 0.3 is 0 Å². The Labute approximate surface area is 159 Å². The molecule has 2 aromatic rings. The van der Waals surface area contributed by atoms with Crippen molar-refractivity contribution in [3.8, 4) is 6.07 Å². The highest BCUT2D eigenvalue weighted by Gasteiger charge is 2.30. The van der Waals surface area contributed by atoms with Crippen molar-refractivity contribution in [1.82, 2.24) is 9.21 Å². The lowest BCUT2D eigenvalue weighted by atomic mass is 10.1. The van der Waals surface area contributed by atoms with Crippen LogP contribution in [0.25, 0.3) is 0 Å². The van der Waals surface area contributed by atoms with Gasteiger partial charge in [-0.2, -0.15) is 9.57 Å². The second-order valence-electron chi connectivity index (χ2n) is 6.76. The molecule has 2 aromatic carbocycles. The van der Waals surface area contributed by atoms with Gasteiger partial charge in [-0.05, 0) is 30.2 Å². The summed E-state index contributed by atoms with van der Waals surface area (Å²) in [4.78, 5) is 1.94. The average Bonchev–Trinajstić information content (AvgIpc) is 2.64. The number of piperazine rings is 1. The van der Waals surface area contributed by atoms with Crippen LogP contribution in [0, 0.1) is 24.1 Å². The highest BCUT2D eigenvalue weighted by molar-refractivity contribution is 7.88. The van der Waals surface area contributed by atoms with Gasteiger partial charge in [0.1, 0.15) is 11.9 Å². The number of halogens is 1. The van der Waals surface area contributed by atoms with E-state index in [0.29, 0.717) is 26.2 Å². The van der Waals surface area contributed by atoms with Gasteiger partial charge in [0, 0.05) is 26.2 Å². The lowest BCUT2D eigenvalue weighted by Gasteiger charge is -2.36. The molecule has 3 rings (SSSR count). The Morgan fingerprint density at radius 2 is 1.78 bits per heavy atom. The Hall–Kier alpha value is -2.27. The summed E-state index contributed by atoms with van der Waals surface area (Å²) >= 11 is 0. The summed E-state index contributed by atoms with van der Waals surface area (Å²) in [5.41, 5.74) is 2.53. The molecule has 1 fully saturated rings. The fraction of sp³-hybridized carbons (Fsp3) is 0.350. The Morgan fingerprint density at radius 1 is 1.11 bits per heavy atom. The molecule has 1 aliphatic heterocycles. The standard InChI is InChI=1S/C20H22FN3O2S/c1-16-3-2-4-17(13-16)15-27(25,26)24-11-9-23(10-12-24)20(14-22)18-5-7-19(21)8-6-18/h2-8,13,20H,9-12,15H2,1H3. The lowest BCUT2D eigenvalue weighted by Crippen LogP contribution is -2.49. The smallest absolute Gasteiger partial charge is 0.218 e. The van der Waals surface area contributed by atoms with Crippen molar-refractivity contribution in [3.63, 3.8) is 0 Å². The van der Waals surface area contributed by atoms with Gasteiger partial charge in [-0.1, -0.05) is 42.0 Å². The first-order chi connectivity index (χ1) is 12.9. The quantitative estimate of drug-likeness (QED) is 0.791. The maximum Gasteiger partial charge on any atom is 0.218 e. The molecular formula is C20H22FN3O2S. The van der Waals surface area contributed by atoms with Crippen LogP contribution in [0.5, 0.6) is 0 Å². The molecule has 27 heavy (non-hydrogen) atoms. The number of nitrogens with zero attached hydrogens (tertiary/aromatic N) is 3. The van der Waals surface area contributed by atoms with Crippen LogP contribution < -0.4 is 0 Å². The molecule has 1 aliphatic rings. The minimum absolute atomic E-state index is 0.0195. The average molecular weight is 387 g/mol. The third-order valence-corrected chi connectivity index (χ3v) is 6.62. The van der Waals surface area contributed by atoms with Crippen LogP contribution in [0.1, 0.15) is 22.7 Å². The van der Waals surface area contributed by atoms with Crippen molar-refractivity contribution in [1.29, 1.82) is 5.26 Å². The molecule has 0 bridgehead atoms. The second kappa shape index (κ2) is 8.17. The third kappa shape index (κ3) is 4.72. The predicted molar refractivity (Wildman–Crippen MR) is 102 cm³/mol. The Morgan fingerprint density at radius 3 is 2.37 bits per heavy atom. The van der Waals surface area contributed by atoms with Crippen LogP contribution in [-0.2, 0) is 15.8 Å². The van der Waals surface area contributed by atoms with Gasteiger partial charge in [0.15, 0.2) is 0 Å². The first-order valence-corrected chi connectivity index (χ1v) is 10.4. The van der Waals surface area contributed by atoms with Crippen molar-refractivity contribution in [2.24, 2.45) is 0 Å². The van der Waals surface area contributed by atoms with Gasteiger partial charge < -0.3 is 0 Å². The highest BCUT2D eigenvalue weighted by Crippen LogP contribution is 2.23.